The Morgan fingerprint density at radius 3 is 2.15 bits per heavy atom. The van der Waals surface area contributed by atoms with Crippen molar-refractivity contribution in [2.45, 2.75) is 52.0 Å². The summed E-state index contributed by atoms with van der Waals surface area (Å²) in [6.07, 6.45) is 0.983. The van der Waals surface area contributed by atoms with Crippen molar-refractivity contribution >= 4 is 11.9 Å². The van der Waals surface area contributed by atoms with Gasteiger partial charge in [0.05, 0.1) is 12.5 Å². The van der Waals surface area contributed by atoms with E-state index in [1.165, 1.54) is 5.56 Å². The molecule has 0 aliphatic carbocycles. The molecule has 4 heteroatoms. The Morgan fingerprint density at radius 1 is 1.10 bits per heavy atom. The minimum atomic E-state index is -0.953. The van der Waals surface area contributed by atoms with Crippen molar-refractivity contribution in [3.8, 4) is 0 Å². The standard InChI is InChI=1S/C16H23NO3/c1-4-11(2)13-5-7-14(8-6-13)12(3)17-15(18)9-10-16(19)20/h5-8,11-12H,4,9-10H2,1-3H3,(H,17,18)(H,19,20)/t11-,12+/m1/s1. The van der Waals surface area contributed by atoms with Crippen molar-refractivity contribution in [2.24, 2.45) is 0 Å². The van der Waals surface area contributed by atoms with Gasteiger partial charge in [0.25, 0.3) is 0 Å². The van der Waals surface area contributed by atoms with Crippen molar-refractivity contribution in [2.75, 3.05) is 0 Å². The lowest BCUT2D eigenvalue weighted by Gasteiger charge is -2.16. The molecule has 0 radical (unpaired) electrons. The average molecular weight is 277 g/mol. The van der Waals surface area contributed by atoms with E-state index in [4.69, 9.17) is 5.11 Å². The molecule has 0 spiro atoms. The average Bonchev–Trinajstić information content (AvgIpc) is 2.44. The van der Waals surface area contributed by atoms with Gasteiger partial charge in [-0.25, -0.2) is 0 Å². The number of hydrogen-bond acceptors (Lipinski definition) is 2. The molecule has 1 rings (SSSR count). The monoisotopic (exact) mass is 277 g/mol. The van der Waals surface area contributed by atoms with Crippen LogP contribution in [0.2, 0.25) is 0 Å². The van der Waals surface area contributed by atoms with Gasteiger partial charge in [0.1, 0.15) is 0 Å². The van der Waals surface area contributed by atoms with Crippen LogP contribution in [0.5, 0.6) is 0 Å². The first kappa shape index (κ1) is 16.2. The van der Waals surface area contributed by atoms with E-state index in [9.17, 15) is 9.59 Å². The third-order valence-corrected chi connectivity index (χ3v) is 3.56. The Bertz CT molecular complexity index is 453. The van der Waals surface area contributed by atoms with Gasteiger partial charge in [-0.1, -0.05) is 38.1 Å². The lowest BCUT2D eigenvalue weighted by molar-refractivity contribution is -0.138. The minimum absolute atomic E-state index is 0.0185. The molecular weight excluding hydrogens is 254 g/mol. The second kappa shape index (κ2) is 7.68. The maximum Gasteiger partial charge on any atom is 0.303 e. The van der Waals surface area contributed by atoms with E-state index >= 15 is 0 Å². The molecule has 2 atom stereocenters. The predicted octanol–water partition coefficient (Wildman–Crippen LogP) is 3.24. The zero-order valence-corrected chi connectivity index (χ0v) is 12.3. The molecule has 2 N–H and O–H groups in total. The summed E-state index contributed by atoms with van der Waals surface area (Å²) in [6.45, 7) is 6.24. The summed E-state index contributed by atoms with van der Waals surface area (Å²) >= 11 is 0. The maximum absolute atomic E-state index is 11.6. The van der Waals surface area contributed by atoms with Crippen LogP contribution in [-0.2, 0) is 9.59 Å². The second-order valence-electron chi connectivity index (χ2n) is 5.16. The summed E-state index contributed by atoms with van der Waals surface area (Å²) in [5.41, 5.74) is 2.32. The molecule has 4 nitrogen and oxygen atoms in total. The molecule has 1 aromatic rings. The van der Waals surface area contributed by atoms with Crippen molar-refractivity contribution in [3.05, 3.63) is 35.4 Å². The number of carbonyl (C=O) groups is 2. The molecule has 20 heavy (non-hydrogen) atoms. The number of carbonyl (C=O) groups excluding carboxylic acids is 1. The number of rotatable bonds is 7. The SMILES string of the molecule is CC[C@@H](C)c1ccc([C@H](C)NC(=O)CCC(=O)O)cc1. The van der Waals surface area contributed by atoms with Crippen LogP contribution >= 0.6 is 0 Å². The molecule has 0 fully saturated rings. The van der Waals surface area contributed by atoms with Gasteiger partial charge in [-0.2, -0.15) is 0 Å². The molecule has 0 aromatic heterocycles. The number of aliphatic carboxylic acids is 1. The molecule has 1 aromatic carbocycles. The summed E-state index contributed by atoms with van der Waals surface area (Å²) in [6, 6.07) is 8.10. The van der Waals surface area contributed by atoms with E-state index in [0.29, 0.717) is 5.92 Å². The number of amides is 1. The van der Waals surface area contributed by atoms with Gasteiger partial charge in [-0.05, 0) is 30.4 Å². The minimum Gasteiger partial charge on any atom is -0.481 e. The molecule has 0 saturated carbocycles. The quantitative estimate of drug-likeness (QED) is 0.804. The number of nitrogens with one attached hydrogen (secondary N) is 1. The van der Waals surface area contributed by atoms with E-state index < -0.39 is 5.97 Å². The maximum atomic E-state index is 11.6. The molecule has 0 aliphatic heterocycles. The van der Waals surface area contributed by atoms with E-state index in [2.05, 4.69) is 31.3 Å². The fourth-order valence-electron chi connectivity index (χ4n) is 1.97. The Hall–Kier alpha value is -1.84. The summed E-state index contributed by atoms with van der Waals surface area (Å²) < 4.78 is 0. The van der Waals surface area contributed by atoms with Crippen LogP contribution < -0.4 is 5.32 Å². The summed E-state index contributed by atoms with van der Waals surface area (Å²) in [7, 11) is 0. The number of benzene rings is 1. The van der Waals surface area contributed by atoms with Gasteiger partial charge in [0, 0.05) is 6.42 Å². The fourth-order valence-corrected chi connectivity index (χ4v) is 1.97. The summed E-state index contributed by atoms with van der Waals surface area (Å²) in [4.78, 5) is 22.0. The third-order valence-electron chi connectivity index (χ3n) is 3.56. The molecule has 0 saturated heterocycles. The van der Waals surface area contributed by atoms with E-state index in [0.717, 1.165) is 12.0 Å². The van der Waals surface area contributed by atoms with Crippen LogP contribution in [0.4, 0.5) is 0 Å². The van der Waals surface area contributed by atoms with E-state index in [-0.39, 0.29) is 24.8 Å². The zero-order chi connectivity index (χ0) is 15.1. The molecule has 0 heterocycles. The number of carboxylic acids is 1. The largest absolute Gasteiger partial charge is 0.481 e. The number of hydrogen-bond donors (Lipinski definition) is 2. The molecule has 0 bridgehead atoms. The van der Waals surface area contributed by atoms with E-state index in [1.807, 2.05) is 19.1 Å². The summed E-state index contributed by atoms with van der Waals surface area (Å²) in [5, 5.41) is 11.4. The van der Waals surface area contributed by atoms with Crippen LogP contribution in [-0.4, -0.2) is 17.0 Å². The first-order valence-electron chi connectivity index (χ1n) is 7.05. The lowest BCUT2D eigenvalue weighted by Crippen LogP contribution is -2.26. The third kappa shape index (κ3) is 5.03. The molecule has 1 amide bonds. The molecule has 0 aliphatic rings. The van der Waals surface area contributed by atoms with Crippen LogP contribution in [0.25, 0.3) is 0 Å². The van der Waals surface area contributed by atoms with Gasteiger partial charge in [-0.15, -0.1) is 0 Å². The van der Waals surface area contributed by atoms with Crippen molar-refractivity contribution < 1.29 is 14.7 Å². The fraction of sp³-hybridized carbons (Fsp3) is 0.500. The molecule has 0 unspecified atom stereocenters. The van der Waals surface area contributed by atoms with Crippen LogP contribution in [0.1, 0.15) is 63.1 Å². The summed E-state index contributed by atoms with van der Waals surface area (Å²) in [5.74, 6) is -0.652. The first-order chi connectivity index (χ1) is 9.43. The topological polar surface area (TPSA) is 66.4 Å². The van der Waals surface area contributed by atoms with Gasteiger partial charge in [-0.3, -0.25) is 9.59 Å². The Morgan fingerprint density at radius 2 is 1.65 bits per heavy atom. The smallest absolute Gasteiger partial charge is 0.303 e. The van der Waals surface area contributed by atoms with Crippen LogP contribution in [0.3, 0.4) is 0 Å². The molecule has 110 valence electrons. The second-order valence-corrected chi connectivity index (χ2v) is 5.16. The molecular formula is C16H23NO3. The highest BCUT2D eigenvalue weighted by Crippen LogP contribution is 2.21. The van der Waals surface area contributed by atoms with Gasteiger partial charge in [0.2, 0.25) is 5.91 Å². The first-order valence-corrected chi connectivity index (χ1v) is 7.05. The lowest BCUT2D eigenvalue weighted by atomic mass is 9.96. The van der Waals surface area contributed by atoms with Crippen molar-refractivity contribution in [1.29, 1.82) is 0 Å². The Labute approximate surface area is 120 Å². The predicted molar refractivity (Wildman–Crippen MR) is 78.6 cm³/mol. The Balaban J connectivity index is 2.57. The van der Waals surface area contributed by atoms with Crippen molar-refractivity contribution in [3.63, 3.8) is 0 Å². The highest BCUT2D eigenvalue weighted by Gasteiger charge is 2.11. The van der Waals surface area contributed by atoms with E-state index in [1.54, 1.807) is 0 Å². The van der Waals surface area contributed by atoms with Crippen LogP contribution in [0.15, 0.2) is 24.3 Å². The highest BCUT2D eigenvalue weighted by atomic mass is 16.4. The van der Waals surface area contributed by atoms with Crippen molar-refractivity contribution in [1.82, 2.24) is 5.32 Å². The van der Waals surface area contributed by atoms with Gasteiger partial charge >= 0.3 is 5.97 Å². The zero-order valence-electron chi connectivity index (χ0n) is 12.3. The van der Waals surface area contributed by atoms with Crippen LogP contribution in [0, 0.1) is 0 Å². The van der Waals surface area contributed by atoms with Gasteiger partial charge in [0.15, 0.2) is 0 Å². The Kier molecular flexibility index (Phi) is 6.22. The van der Waals surface area contributed by atoms with Gasteiger partial charge < -0.3 is 10.4 Å². The normalized spacial score (nSPS) is 13.6. The highest BCUT2D eigenvalue weighted by molar-refractivity contribution is 5.80. The number of carboxylic acid groups (broad SMARTS) is 1.